The van der Waals surface area contributed by atoms with E-state index in [1.807, 2.05) is 66.7 Å². The maximum atomic E-state index is 14.2. The highest BCUT2D eigenvalue weighted by atomic mass is 16.5. The second-order valence-corrected chi connectivity index (χ2v) is 13.0. The molecule has 48 heavy (non-hydrogen) atoms. The van der Waals surface area contributed by atoms with Crippen LogP contribution in [0.15, 0.2) is 73.3 Å². The smallest absolute Gasteiger partial charge is 0.407 e. The summed E-state index contributed by atoms with van der Waals surface area (Å²) in [4.78, 5) is 59.4. The molecule has 250 valence electrons. The number of carbonyl (C=O) groups is 4. The molecule has 3 aromatic rings. The quantitative estimate of drug-likeness (QED) is 0.317. The molecule has 3 amide bonds. The monoisotopic (exact) mass is 652 g/mol. The minimum absolute atomic E-state index is 0.0336. The Morgan fingerprint density at radius 2 is 1.96 bits per heavy atom. The summed E-state index contributed by atoms with van der Waals surface area (Å²) >= 11 is 0. The van der Waals surface area contributed by atoms with Gasteiger partial charge in [-0.25, -0.2) is 14.6 Å². The summed E-state index contributed by atoms with van der Waals surface area (Å²) in [6, 6.07) is 15.5. The molecule has 2 aliphatic heterocycles. The predicted molar refractivity (Wildman–Crippen MR) is 180 cm³/mol. The van der Waals surface area contributed by atoms with Crippen LogP contribution in [0.4, 0.5) is 4.79 Å². The van der Waals surface area contributed by atoms with Crippen molar-refractivity contribution in [1.29, 1.82) is 0 Å². The topological polar surface area (TPSA) is 147 Å². The second-order valence-electron chi connectivity index (χ2n) is 13.0. The number of hydrogen-bond acceptors (Lipinski definition) is 7. The van der Waals surface area contributed by atoms with Gasteiger partial charge in [-0.05, 0) is 42.9 Å². The fraction of sp³-hybridized carbons (Fsp3) is 0.378. The molecule has 1 saturated carbocycles. The van der Waals surface area contributed by atoms with Gasteiger partial charge in [0.1, 0.15) is 29.5 Å². The number of cyclic esters (lactones) is 1. The number of carboxylic acids is 1. The lowest BCUT2D eigenvalue weighted by atomic mass is 10.0. The average Bonchev–Trinajstić information content (AvgIpc) is 3.64. The van der Waals surface area contributed by atoms with Crippen molar-refractivity contribution in [3.8, 4) is 17.0 Å². The lowest BCUT2D eigenvalue weighted by molar-refractivity contribution is -0.145. The molecule has 11 heteroatoms. The molecule has 3 N–H and O–H groups in total. The number of carbonyl (C=O) groups excluding carboxylic acids is 3. The van der Waals surface area contributed by atoms with Gasteiger partial charge in [-0.2, -0.15) is 0 Å². The molecule has 5 atom stereocenters. The highest BCUT2D eigenvalue weighted by Crippen LogP contribution is 2.45. The van der Waals surface area contributed by atoms with Gasteiger partial charge in [0.25, 0.3) is 0 Å². The van der Waals surface area contributed by atoms with Crippen LogP contribution in [0.1, 0.15) is 45.1 Å². The number of ether oxygens (including phenoxy) is 2. The number of fused-ring (bicyclic) bond motifs is 3. The molecule has 4 bridgehead atoms. The first-order valence-electron chi connectivity index (χ1n) is 16.3. The number of rotatable bonds is 6. The van der Waals surface area contributed by atoms with E-state index in [9.17, 15) is 24.3 Å². The largest absolute Gasteiger partial charge is 0.488 e. The van der Waals surface area contributed by atoms with E-state index >= 15 is 0 Å². The van der Waals surface area contributed by atoms with Gasteiger partial charge in [-0.15, -0.1) is 6.58 Å². The van der Waals surface area contributed by atoms with Crippen LogP contribution in [-0.4, -0.2) is 75.7 Å². The van der Waals surface area contributed by atoms with Gasteiger partial charge in [-0.1, -0.05) is 68.5 Å². The molecular formula is C37H40N4O7. The van der Waals surface area contributed by atoms with E-state index in [4.69, 9.17) is 14.5 Å². The van der Waals surface area contributed by atoms with Crippen molar-refractivity contribution in [1.82, 2.24) is 20.5 Å². The van der Waals surface area contributed by atoms with E-state index in [1.54, 1.807) is 13.8 Å². The molecule has 6 rings (SSSR count). The first kappa shape index (κ1) is 32.7. The van der Waals surface area contributed by atoms with Gasteiger partial charge in [0, 0.05) is 29.4 Å². The summed E-state index contributed by atoms with van der Waals surface area (Å²) in [5.74, 6) is -2.46. The van der Waals surface area contributed by atoms with E-state index in [0.717, 1.165) is 22.0 Å². The van der Waals surface area contributed by atoms with Crippen LogP contribution in [0.2, 0.25) is 0 Å². The number of hydrogen-bond donors (Lipinski definition) is 3. The molecule has 0 spiro atoms. The molecule has 1 aliphatic carbocycles. The summed E-state index contributed by atoms with van der Waals surface area (Å²) in [6.07, 6.45) is 5.73. The molecule has 3 aliphatic rings. The summed E-state index contributed by atoms with van der Waals surface area (Å²) < 4.78 is 12.1. The Balaban J connectivity index is 1.40. The van der Waals surface area contributed by atoms with E-state index in [2.05, 4.69) is 17.2 Å². The lowest BCUT2D eigenvalue weighted by Crippen LogP contribution is -2.57. The Hall–Kier alpha value is -5.19. The van der Waals surface area contributed by atoms with E-state index < -0.39 is 53.5 Å². The fourth-order valence-corrected chi connectivity index (χ4v) is 6.49. The Labute approximate surface area is 279 Å². The number of nitrogens with zero attached hydrogens (tertiary/aromatic N) is 2. The fourth-order valence-electron chi connectivity index (χ4n) is 6.49. The van der Waals surface area contributed by atoms with Crippen molar-refractivity contribution in [3.63, 3.8) is 0 Å². The number of amides is 3. The number of allylic oxidation sites excluding steroid dienone is 1. The van der Waals surface area contributed by atoms with E-state index in [0.29, 0.717) is 24.3 Å². The van der Waals surface area contributed by atoms with Crippen molar-refractivity contribution >= 4 is 40.9 Å². The van der Waals surface area contributed by atoms with Crippen molar-refractivity contribution in [2.24, 2.45) is 11.8 Å². The Morgan fingerprint density at radius 1 is 1.17 bits per heavy atom. The number of aliphatic carboxylic acids is 1. The van der Waals surface area contributed by atoms with E-state index in [-0.39, 0.29) is 31.9 Å². The summed E-state index contributed by atoms with van der Waals surface area (Å²) in [5.41, 5.74) is 1.79. The molecule has 2 aromatic carbocycles. The predicted octanol–water partition coefficient (Wildman–Crippen LogP) is 4.95. The number of benzene rings is 2. The first-order valence-corrected chi connectivity index (χ1v) is 16.3. The van der Waals surface area contributed by atoms with Crippen LogP contribution in [0.5, 0.6) is 5.75 Å². The molecule has 0 unspecified atom stereocenters. The normalized spacial score (nSPS) is 25.9. The molecule has 1 saturated heterocycles. The number of carboxylic acid groups (broad SMARTS) is 1. The molecule has 1 aromatic heterocycles. The van der Waals surface area contributed by atoms with Gasteiger partial charge in [0.05, 0.1) is 24.4 Å². The first-order chi connectivity index (χ1) is 23.1. The average molecular weight is 653 g/mol. The number of pyridine rings is 1. The van der Waals surface area contributed by atoms with Crippen LogP contribution in [0.3, 0.4) is 0 Å². The minimum atomic E-state index is -1.48. The van der Waals surface area contributed by atoms with Crippen molar-refractivity contribution < 1.29 is 33.8 Å². The lowest BCUT2D eigenvalue weighted by Gasteiger charge is -2.30. The summed E-state index contributed by atoms with van der Waals surface area (Å²) in [6.45, 7) is 7.49. The zero-order valence-corrected chi connectivity index (χ0v) is 27.1. The molecule has 2 fully saturated rings. The van der Waals surface area contributed by atoms with Gasteiger partial charge in [0.2, 0.25) is 11.8 Å². The third-order valence-electron chi connectivity index (χ3n) is 9.30. The standard InChI is InChI=1S/C37H40N4O7/c1-4-25-20-37(25,35(44)45)40-33(42)30-18-26-21-41(30)34(43)32(22(2)3)39-36(46)47-16-10-6-7-11-23-14-15-28-27(17-23)31(48-26)19-29(38-28)24-12-8-5-9-13-24/h4-5,7-9,11-15,17,19,22,25-26,30,32H,1,6,10,16,18,20-21H2,2-3H3,(H,39,46)(H,40,42)(H,44,45)/t25-,26+,30+,32+,37-/m1/s1. The maximum absolute atomic E-state index is 14.2. The highest BCUT2D eigenvalue weighted by molar-refractivity contribution is 5.96. The maximum Gasteiger partial charge on any atom is 0.407 e. The van der Waals surface area contributed by atoms with Crippen LogP contribution in [-0.2, 0) is 19.1 Å². The molecule has 11 nitrogen and oxygen atoms in total. The molecular weight excluding hydrogens is 612 g/mol. The van der Waals surface area contributed by atoms with Crippen LogP contribution < -0.4 is 15.4 Å². The van der Waals surface area contributed by atoms with Gasteiger partial charge in [0.15, 0.2) is 0 Å². The van der Waals surface area contributed by atoms with Crippen LogP contribution >= 0.6 is 0 Å². The van der Waals surface area contributed by atoms with Crippen molar-refractivity contribution in [2.75, 3.05) is 13.2 Å². The van der Waals surface area contributed by atoms with Crippen LogP contribution in [0.25, 0.3) is 28.2 Å². The zero-order chi connectivity index (χ0) is 34.0. The number of alkyl carbamates (subject to hydrolysis) is 1. The Kier molecular flexibility index (Phi) is 9.21. The van der Waals surface area contributed by atoms with Crippen molar-refractivity contribution in [2.45, 2.75) is 63.3 Å². The second kappa shape index (κ2) is 13.5. The van der Waals surface area contributed by atoms with Crippen molar-refractivity contribution in [3.05, 3.63) is 78.9 Å². The highest BCUT2D eigenvalue weighted by Gasteiger charge is 2.61. The molecule has 3 heterocycles. The SMILES string of the molecule is C=C[C@@H]1C[C@]1(NC(=O)[C@@H]1C[C@H]2CN1C(=O)[C@H](C(C)C)NC(=O)OCCCC=Cc1ccc3nc(-c4ccccc4)cc(c3c1)O2)C(=O)O. The van der Waals surface area contributed by atoms with Gasteiger partial charge >= 0.3 is 12.1 Å². The van der Waals surface area contributed by atoms with E-state index in [1.165, 1.54) is 11.0 Å². The minimum Gasteiger partial charge on any atom is -0.488 e. The summed E-state index contributed by atoms with van der Waals surface area (Å²) in [7, 11) is 0. The van der Waals surface area contributed by atoms with Gasteiger partial charge < -0.3 is 30.1 Å². The number of aromatic nitrogens is 1. The number of nitrogens with one attached hydrogen (secondary N) is 2. The molecule has 0 radical (unpaired) electrons. The zero-order valence-electron chi connectivity index (χ0n) is 27.1. The summed E-state index contributed by atoms with van der Waals surface area (Å²) in [5, 5.41) is 16.2. The Morgan fingerprint density at radius 3 is 2.67 bits per heavy atom. The third kappa shape index (κ3) is 6.62. The van der Waals surface area contributed by atoms with Gasteiger partial charge in [-0.3, -0.25) is 9.59 Å². The third-order valence-corrected chi connectivity index (χ3v) is 9.30. The van der Waals surface area contributed by atoms with Crippen LogP contribution in [0, 0.1) is 11.8 Å². The Bertz CT molecular complexity index is 1770.